The first-order valence-corrected chi connectivity index (χ1v) is 12.1. The van der Waals surface area contributed by atoms with Crippen LogP contribution >= 0.6 is 0 Å². The normalized spacial score (nSPS) is 27.0. The van der Waals surface area contributed by atoms with Crippen molar-refractivity contribution in [3.63, 3.8) is 0 Å². The molecule has 3 unspecified atom stereocenters. The Kier molecular flexibility index (Phi) is 7.65. The maximum absolute atomic E-state index is 13.0. The van der Waals surface area contributed by atoms with Gasteiger partial charge in [0.15, 0.2) is 0 Å². The molecule has 33 heavy (non-hydrogen) atoms. The first-order chi connectivity index (χ1) is 16.0. The third-order valence-electron chi connectivity index (χ3n) is 7.65. The summed E-state index contributed by atoms with van der Waals surface area (Å²) in [6.07, 6.45) is 3.46. The van der Waals surface area contributed by atoms with E-state index >= 15 is 0 Å². The highest BCUT2D eigenvalue weighted by atomic mass is 16.5. The monoisotopic (exact) mass is 456 g/mol. The van der Waals surface area contributed by atoms with Gasteiger partial charge in [0.2, 0.25) is 11.8 Å². The van der Waals surface area contributed by atoms with Gasteiger partial charge in [-0.1, -0.05) is 30.3 Å². The van der Waals surface area contributed by atoms with Crippen LogP contribution in [-0.2, 0) is 25.7 Å². The lowest BCUT2D eigenvalue weighted by atomic mass is 9.96. The number of amides is 2. The fraction of sp³-hybridized carbons (Fsp3) is 0.640. The molecule has 3 saturated heterocycles. The Bertz CT molecular complexity index is 840. The number of ether oxygens (including phenoxy) is 1. The number of piperidine rings is 1. The molecular formula is C25H36N4O4. The van der Waals surface area contributed by atoms with Crippen molar-refractivity contribution in [3.8, 4) is 0 Å². The molecule has 0 radical (unpaired) electrons. The number of carbonyl (C=O) groups is 3. The number of likely N-dealkylation sites (N-methyl/N-ethyl adjacent to an activating group) is 1. The van der Waals surface area contributed by atoms with E-state index in [4.69, 9.17) is 4.74 Å². The molecule has 3 atom stereocenters. The van der Waals surface area contributed by atoms with E-state index in [2.05, 4.69) is 34.3 Å². The summed E-state index contributed by atoms with van der Waals surface area (Å²) in [6, 6.07) is 10.4. The molecule has 8 nitrogen and oxygen atoms in total. The number of nitrogens with one attached hydrogen (secondary N) is 1. The molecule has 180 valence electrons. The molecule has 3 aliphatic rings. The van der Waals surface area contributed by atoms with Crippen LogP contribution in [0, 0.1) is 5.92 Å². The molecule has 0 spiro atoms. The quantitative estimate of drug-likeness (QED) is 0.649. The predicted octanol–water partition coefficient (Wildman–Crippen LogP) is 1.25. The second-order valence-electron chi connectivity index (χ2n) is 9.54. The maximum Gasteiger partial charge on any atom is 0.308 e. The average molecular weight is 457 g/mol. The zero-order chi connectivity index (χ0) is 23.4. The second kappa shape index (κ2) is 10.7. The molecule has 3 fully saturated rings. The van der Waals surface area contributed by atoms with E-state index in [9.17, 15) is 14.4 Å². The highest BCUT2D eigenvalue weighted by Crippen LogP contribution is 2.29. The molecule has 1 N–H and O–H groups in total. The summed E-state index contributed by atoms with van der Waals surface area (Å²) in [5, 5.41) is 3.14. The minimum absolute atomic E-state index is 0.0963. The van der Waals surface area contributed by atoms with E-state index in [-0.39, 0.29) is 41.8 Å². The lowest BCUT2D eigenvalue weighted by Gasteiger charge is -2.34. The van der Waals surface area contributed by atoms with Gasteiger partial charge >= 0.3 is 5.97 Å². The van der Waals surface area contributed by atoms with Gasteiger partial charge in [-0.15, -0.1) is 0 Å². The third kappa shape index (κ3) is 5.38. The van der Waals surface area contributed by atoms with E-state index in [0.717, 1.165) is 19.5 Å². The highest BCUT2D eigenvalue weighted by molar-refractivity contribution is 5.83. The molecule has 3 heterocycles. The number of methoxy groups -OCH3 is 1. The van der Waals surface area contributed by atoms with Gasteiger partial charge in [-0.05, 0) is 38.3 Å². The lowest BCUT2D eigenvalue weighted by Crippen LogP contribution is -2.49. The average Bonchev–Trinajstić information content (AvgIpc) is 3.22. The SMILES string of the molecule is COC(=O)C1CCN(C(=O)CCC2CNC(=O)C3C(CCN3Cc3ccccc3)N2C)CC1. The second-order valence-corrected chi connectivity index (χ2v) is 9.54. The number of fused-ring (bicyclic) bond motifs is 1. The minimum Gasteiger partial charge on any atom is -0.469 e. The predicted molar refractivity (Wildman–Crippen MR) is 124 cm³/mol. The molecular weight excluding hydrogens is 420 g/mol. The molecule has 0 aliphatic carbocycles. The van der Waals surface area contributed by atoms with Gasteiger partial charge in [0.25, 0.3) is 0 Å². The van der Waals surface area contributed by atoms with Crippen molar-refractivity contribution in [1.82, 2.24) is 20.0 Å². The Balaban J connectivity index is 1.31. The van der Waals surface area contributed by atoms with Crippen molar-refractivity contribution in [2.45, 2.75) is 56.8 Å². The summed E-state index contributed by atoms with van der Waals surface area (Å²) in [4.78, 5) is 44.0. The summed E-state index contributed by atoms with van der Waals surface area (Å²) in [5.41, 5.74) is 1.22. The first-order valence-electron chi connectivity index (χ1n) is 12.1. The van der Waals surface area contributed by atoms with Crippen molar-refractivity contribution in [2.24, 2.45) is 5.92 Å². The van der Waals surface area contributed by atoms with Gasteiger partial charge in [0.1, 0.15) is 6.04 Å². The molecule has 3 aliphatic heterocycles. The highest BCUT2D eigenvalue weighted by Gasteiger charge is 2.45. The number of benzene rings is 1. The van der Waals surface area contributed by atoms with Crippen LogP contribution in [0.3, 0.4) is 0 Å². The van der Waals surface area contributed by atoms with E-state index in [1.54, 1.807) is 0 Å². The van der Waals surface area contributed by atoms with Gasteiger partial charge in [-0.25, -0.2) is 0 Å². The minimum atomic E-state index is -0.176. The fourth-order valence-corrected chi connectivity index (χ4v) is 5.62. The molecule has 8 heteroatoms. The van der Waals surface area contributed by atoms with Crippen molar-refractivity contribution in [3.05, 3.63) is 35.9 Å². The lowest BCUT2D eigenvalue weighted by molar-refractivity contribution is -0.149. The summed E-state index contributed by atoms with van der Waals surface area (Å²) in [5.74, 6) is -0.0410. The topological polar surface area (TPSA) is 82.2 Å². The summed E-state index contributed by atoms with van der Waals surface area (Å²) < 4.78 is 4.83. The number of rotatable bonds is 6. The van der Waals surface area contributed by atoms with Crippen LogP contribution < -0.4 is 5.32 Å². The molecule has 0 bridgehead atoms. The Labute approximate surface area is 196 Å². The maximum atomic E-state index is 13.0. The van der Waals surface area contributed by atoms with E-state index in [1.807, 2.05) is 23.1 Å². The Morgan fingerprint density at radius 1 is 1.09 bits per heavy atom. The van der Waals surface area contributed by atoms with Gasteiger partial charge in [-0.2, -0.15) is 0 Å². The van der Waals surface area contributed by atoms with Crippen molar-refractivity contribution in [2.75, 3.05) is 40.3 Å². The Morgan fingerprint density at radius 2 is 1.82 bits per heavy atom. The molecule has 1 aromatic rings. The van der Waals surface area contributed by atoms with Crippen LogP contribution in [0.25, 0.3) is 0 Å². The zero-order valence-electron chi connectivity index (χ0n) is 19.7. The third-order valence-corrected chi connectivity index (χ3v) is 7.65. The molecule has 0 aromatic heterocycles. The Hall–Kier alpha value is -2.45. The van der Waals surface area contributed by atoms with Gasteiger partial charge in [-0.3, -0.25) is 24.2 Å². The van der Waals surface area contributed by atoms with Crippen LogP contribution in [0.4, 0.5) is 0 Å². The zero-order valence-corrected chi connectivity index (χ0v) is 19.7. The molecule has 0 saturated carbocycles. The summed E-state index contributed by atoms with van der Waals surface area (Å²) >= 11 is 0. The van der Waals surface area contributed by atoms with Crippen molar-refractivity contribution >= 4 is 17.8 Å². The van der Waals surface area contributed by atoms with E-state index in [0.29, 0.717) is 45.3 Å². The molecule has 1 aromatic carbocycles. The Morgan fingerprint density at radius 3 is 2.52 bits per heavy atom. The van der Waals surface area contributed by atoms with Gasteiger partial charge < -0.3 is 15.0 Å². The van der Waals surface area contributed by atoms with Crippen LogP contribution in [0.5, 0.6) is 0 Å². The number of likely N-dealkylation sites (tertiary alicyclic amines) is 2. The van der Waals surface area contributed by atoms with Crippen molar-refractivity contribution in [1.29, 1.82) is 0 Å². The first kappa shape index (κ1) is 23.7. The van der Waals surface area contributed by atoms with Crippen molar-refractivity contribution < 1.29 is 19.1 Å². The standard InChI is InChI=1S/C25H36N4O4/c1-27-20(8-9-22(30)28-13-10-19(11-14-28)25(32)33-2)16-26-24(31)23-21(27)12-15-29(23)17-18-6-4-3-5-7-18/h3-7,19-21,23H,8-17H2,1-2H3,(H,26,31). The van der Waals surface area contributed by atoms with Crippen LogP contribution in [0.15, 0.2) is 30.3 Å². The largest absolute Gasteiger partial charge is 0.469 e. The summed E-state index contributed by atoms with van der Waals surface area (Å²) in [7, 11) is 3.51. The summed E-state index contributed by atoms with van der Waals surface area (Å²) in [6.45, 7) is 3.44. The smallest absolute Gasteiger partial charge is 0.308 e. The number of esters is 1. The van der Waals surface area contributed by atoms with Gasteiger partial charge in [0.05, 0.1) is 13.0 Å². The van der Waals surface area contributed by atoms with Crippen LogP contribution in [0.1, 0.15) is 37.7 Å². The molecule has 4 rings (SSSR count). The number of nitrogens with zero attached hydrogens (tertiary/aromatic N) is 3. The number of hydrogen-bond acceptors (Lipinski definition) is 6. The van der Waals surface area contributed by atoms with E-state index < -0.39 is 0 Å². The number of carbonyl (C=O) groups excluding carboxylic acids is 3. The number of hydrogen-bond donors (Lipinski definition) is 1. The van der Waals surface area contributed by atoms with E-state index in [1.165, 1.54) is 12.7 Å². The van der Waals surface area contributed by atoms with Crippen LogP contribution in [-0.4, -0.2) is 90.9 Å². The fourth-order valence-electron chi connectivity index (χ4n) is 5.62. The molecule has 2 amide bonds. The van der Waals surface area contributed by atoms with Crippen LogP contribution in [0.2, 0.25) is 0 Å². The van der Waals surface area contributed by atoms with Gasteiger partial charge in [0, 0.05) is 51.2 Å².